The molecule has 104 valence electrons. The van der Waals surface area contributed by atoms with Crippen molar-refractivity contribution >= 4 is 0 Å². The van der Waals surface area contributed by atoms with E-state index < -0.39 is 0 Å². The molecule has 0 amide bonds. The summed E-state index contributed by atoms with van der Waals surface area (Å²) >= 11 is 0. The largest absolute Gasteiger partial charge is 0.257 e. The molecule has 0 radical (unpaired) electrons. The van der Waals surface area contributed by atoms with E-state index in [1.807, 2.05) is 0 Å². The van der Waals surface area contributed by atoms with Gasteiger partial charge in [0.05, 0.1) is 17.4 Å². The Hall–Kier alpha value is -2.35. The Balaban J connectivity index is 1.84. The zero-order valence-electron chi connectivity index (χ0n) is 12.4. The molecule has 0 saturated carbocycles. The molecule has 0 spiro atoms. The van der Waals surface area contributed by atoms with Gasteiger partial charge in [-0.05, 0) is 37.5 Å². The van der Waals surface area contributed by atoms with Crippen molar-refractivity contribution in [3.05, 3.63) is 77.0 Å². The molecule has 4 rings (SSSR count). The maximum atomic E-state index is 4.73. The third kappa shape index (κ3) is 1.99. The first-order valence-electron chi connectivity index (χ1n) is 7.43. The first-order chi connectivity index (χ1) is 10.2. The van der Waals surface area contributed by atoms with Crippen LogP contribution in [0.4, 0.5) is 0 Å². The van der Waals surface area contributed by atoms with Crippen molar-refractivity contribution in [1.29, 1.82) is 0 Å². The Labute approximate surface area is 125 Å². The van der Waals surface area contributed by atoms with E-state index in [1.54, 1.807) is 0 Å². The number of hydrogen-bond donors (Lipinski definition) is 0. The molecule has 0 aliphatic carbocycles. The van der Waals surface area contributed by atoms with E-state index in [4.69, 9.17) is 5.10 Å². The highest BCUT2D eigenvalue weighted by molar-refractivity contribution is 5.70. The fraction of sp³-hybridized carbons (Fsp3) is 0.211. The third-order valence-electron chi connectivity index (χ3n) is 4.27. The van der Waals surface area contributed by atoms with Crippen LogP contribution in [0.1, 0.15) is 28.4 Å². The van der Waals surface area contributed by atoms with Crippen LogP contribution in [0.3, 0.4) is 0 Å². The Morgan fingerprint density at radius 2 is 1.81 bits per heavy atom. The van der Waals surface area contributed by atoms with Gasteiger partial charge in [-0.25, -0.2) is 0 Å². The summed E-state index contributed by atoms with van der Waals surface area (Å²) in [6.07, 6.45) is 0.991. The van der Waals surface area contributed by atoms with Crippen LogP contribution in [0.2, 0.25) is 0 Å². The summed E-state index contributed by atoms with van der Waals surface area (Å²) in [6, 6.07) is 19.9. The van der Waals surface area contributed by atoms with Gasteiger partial charge >= 0.3 is 0 Å². The van der Waals surface area contributed by atoms with E-state index in [0.717, 1.165) is 12.1 Å². The molecule has 0 N–H and O–H groups in total. The monoisotopic (exact) mass is 274 g/mol. The van der Waals surface area contributed by atoms with Crippen LogP contribution >= 0.6 is 0 Å². The molecule has 2 heteroatoms. The minimum absolute atomic E-state index is 0.311. The zero-order chi connectivity index (χ0) is 14.4. The number of benzene rings is 2. The number of fused-ring (bicyclic) bond motifs is 3. The van der Waals surface area contributed by atoms with Crippen LogP contribution in [-0.2, 0) is 6.42 Å². The molecule has 0 saturated heterocycles. The highest BCUT2D eigenvalue weighted by atomic mass is 15.3. The van der Waals surface area contributed by atoms with Gasteiger partial charge in [0, 0.05) is 5.56 Å². The topological polar surface area (TPSA) is 17.8 Å². The minimum Gasteiger partial charge on any atom is -0.257 e. The average molecular weight is 274 g/mol. The summed E-state index contributed by atoms with van der Waals surface area (Å²) in [4.78, 5) is 0. The molecule has 1 unspecified atom stereocenters. The fourth-order valence-corrected chi connectivity index (χ4v) is 3.31. The van der Waals surface area contributed by atoms with Gasteiger partial charge in [0.15, 0.2) is 0 Å². The van der Waals surface area contributed by atoms with E-state index in [1.165, 1.54) is 27.9 Å². The molecule has 0 bridgehead atoms. The van der Waals surface area contributed by atoms with Gasteiger partial charge in [-0.15, -0.1) is 0 Å². The Bertz CT molecular complexity index is 800. The number of nitrogens with zero attached hydrogens (tertiary/aromatic N) is 2. The fourth-order valence-electron chi connectivity index (χ4n) is 3.31. The number of hydrogen-bond acceptors (Lipinski definition) is 1. The van der Waals surface area contributed by atoms with Crippen molar-refractivity contribution in [1.82, 2.24) is 9.78 Å². The number of aromatic nitrogens is 2. The molecule has 0 fully saturated rings. The van der Waals surface area contributed by atoms with Gasteiger partial charge in [-0.2, -0.15) is 5.10 Å². The van der Waals surface area contributed by atoms with Gasteiger partial charge in [0.25, 0.3) is 0 Å². The van der Waals surface area contributed by atoms with Gasteiger partial charge in [-0.3, -0.25) is 4.68 Å². The highest BCUT2D eigenvalue weighted by Crippen LogP contribution is 2.41. The maximum Gasteiger partial charge on any atom is 0.0822 e. The molecule has 1 aliphatic heterocycles. The minimum atomic E-state index is 0.311. The normalized spacial score (nSPS) is 15.8. The Kier molecular flexibility index (Phi) is 2.71. The predicted molar refractivity (Wildman–Crippen MR) is 85.4 cm³/mol. The highest BCUT2D eigenvalue weighted by Gasteiger charge is 2.29. The standard InChI is InChI=1S/C19H18N2/c1-13-8-9-16-17(10-13)19(12-15-6-4-3-5-7-15)21-18(16)11-14(2)20-21/h3-11,19H,12H2,1-2H3. The molecule has 21 heavy (non-hydrogen) atoms. The van der Waals surface area contributed by atoms with Crippen LogP contribution in [0.15, 0.2) is 54.6 Å². The van der Waals surface area contributed by atoms with Crippen molar-refractivity contribution in [2.24, 2.45) is 0 Å². The van der Waals surface area contributed by atoms with Crippen molar-refractivity contribution in [2.75, 3.05) is 0 Å². The van der Waals surface area contributed by atoms with Crippen molar-refractivity contribution < 1.29 is 0 Å². The van der Waals surface area contributed by atoms with E-state index in [9.17, 15) is 0 Å². The van der Waals surface area contributed by atoms with Gasteiger partial charge < -0.3 is 0 Å². The first-order valence-corrected chi connectivity index (χ1v) is 7.43. The summed E-state index contributed by atoms with van der Waals surface area (Å²) in [6.45, 7) is 4.23. The average Bonchev–Trinajstić information content (AvgIpc) is 2.97. The van der Waals surface area contributed by atoms with Gasteiger partial charge in [0.1, 0.15) is 0 Å². The summed E-state index contributed by atoms with van der Waals surface area (Å²) in [7, 11) is 0. The predicted octanol–water partition coefficient (Wildman–Crippen LogP) is 4.31. The summed E-state index contributed by atoms with van der Waals surface area (Å²) in [5, 5.41) is 4.73. The second kappa shape index (κ2) is 4.59. The molecule has 2 heterocycles. The van der Waals surface area contributed by atoms with Gasteiger partial charge in [-0.1, -0.05) is 54.1 Å². The molecular weight excluding hydrogens is 256 g/mol. The van der Waals surface area contributed by atoms with E-state index >= 15 is 0 Å². The summed E-state index contributed by atoms with van der Waals surface area (Å²) in [5.74, 6) is 0. The smallest absolute Gasteiger partial charge is 0.0822 e. The lowest BCUT2D eigenvalue weighted by molar-refractivity contribution is 0.542. The van der Waals surface area contributed by atoms with E-state index in [-0.39, 0.29) is 0 Å². The molecule has 1 aromatic heterocycles. The van der Waals surface area contributed by atoms with Crippen LogP contribution < -0.4 is 0 Å². The second-order valence-electron chi connectivity index (χ2n) is 5.91. The zero-order valence-corrected chi connectivity index (χ0v) is 12.4. The molecule has 2 nitrogen and oxygen atoms in total. The van der Waals surface area contributed by atoms with Crippen molar-refractivity contribution in [3.63, 3.8) is 0 Å². The first kappa shape index (κ1) is 12.4. The SMILES string of the molecule is Cc1ccc2c(c1)C(Cc1ccccc1)n1nc(C)cc1-2. The molecular formula is C19H18N2. The van der Waals surface area contributed by atoms with Crippen LogP contribution in [0, 0.1) is 13.8 Å². The van der Waals surface area contributed by atoms with E-state index in [0.29, 0.717) is 6.04 Å². The Morgan fingerprint density at radius 1 is 1.00 bits per heavy atom. The Morgan fingerprint density at radius 3 is 2.62 bits per heavy atom. The summed E-state index contributed by atoms with van der Waals surface area (Å²) in [5.41, 5.74) is 7.76. The lowest BCUT2D eigenvalue weighted by atomic mass is 9.96. The van der Waals surface area contributed by atoms with Crippen molar-refractivity contribution in [3.8, 4) is 11.3 Å². The maximum absolute atomic E-state index is 4.73. The van der Waals surface area contributed by atoms with Crippen molar-refractivity contribution in [2.45, 2.75) is 26.3 Å². The number of aryl methyl sites for hydroxylation is 2. The molecule has 1 atom stereocenters. The lowest BCUT2D eigenvalue weighted by Gasteiger charge is -2.14. The van der Waals surface area contributed by atoms with Crippen LogP contribution in [-0.4, -0.2) is 9.78 Å². The third-order valence-corrected chi connectivity index (χ3v) is 4.27. The molecule has 1 aliphatic rings. The second-order valence-corrected chi connectivity index (χ2v) is 5.91. The lowest BCUT2D eigenvalue weighted by Crippen LogP contribution is -2.11. The van der Waals surface area contributed by atoms with Gasteiger partial charge in [0.2, 0.25) is 0 Å². The van der Waals surface area contributed by atoms with E-state index in [2.05, 4.69) is 73.1 Å². The summed E-state index contributed by atoms with van der Waals surface area (Å²) < 4.78 is 2.20. The number of rotatable bonds is 2. The van der Waals surface area contributed by atoms with Crippen LogP contribution in [0.5, 0.6) is 0 Å². The quantitative estimate of drug-likeness (QED) is 0.680. The molecule has 2 aromatic carbocycles. The molecule has 3 aromatic rings. The van der Waals surface area contributed by atoms with Crippen LogP contribution in [0.25, 0.3) is 11.3 Å².